The number of para-hydroxylation sites is 1. The Hall–Kier alpha value is -3.20. The molecule has 1 aliphatic rings. The second-order valence-electron chi connectivity index (χ2n) is 7.33. The molecule has 1 aromatic carbocycles. The Morgan fingerprint density at radius 1 is 1.17 bits per heavy atom. The number of amides is 2. The number of rotatable bonds is 6. The molecular weight excluding hydrogens is 386 g/mol. The maximum Gasteiger partial charge on any atom is 0.274 e. The first-order chi connectivity index (χ1) is 14.4. The highest BCUT2D eigenvalue weighted by Gasteiger charge is 2.33. The van der Waals surface area contributed by atoms with E-state index >= 15 is 0 Å². The molecule has 3 rings (SSSR count). The average Bonchev–Trinajstić information content (AvgIpc) is 2.74. The summed E-state index contributed by atoms with van der Waals surface area (Å²) < 4.78 is 6.84. The Labute approximate surface area is 175 Å². The molecule has 160 valence electrons. The van der Waals surface area contributed by atoms with E-state index in [0.717, 1.165) is 16.0 Å². The number of carbonyl (C=O) groups excluding carboxylic acids is 2. The summed E-state index contributed by atoms with van der Waals surface area (Å²) in [4.78, 5) is 40.5. The number of hydrogen-bond donors (Lipinski definition) is 1. The molecule has 1 atom stereocenters. The Morgan fingerprint density at radius 3 is 2.67 bits per heavy atom. The minimum atomic E-state index is -0.464. The third-order valence-corrected chi connectivity index (χ3v) is 5.17. The van der Waals surface area contributed by atoms with Crippen molar-refractivity contribution in [1.82, 2.24) is 24.9 Å². The first-order valence-electron chi connectivity index (χ1n) is 9.87. The van der Waals surface area contributed by atoms with Gasteiger partial charge in [-0.25, -0.2) is 4.68 Å². The molecule has 1 unspecified atom stereocenters. The summed E-state index contributed by atoms with van der Waals surface area (Å²) in [5.74, 6) is 0.347. The molecule has 1 aromatic heterocycles. The van der Waals surface area contributed by atoms with E-state index in [0.29, 0.717) is 26.2 Å². The van der Waals surface area contributed by atoms with Gasteiger partial charge < -0.3 is 15.0 Å². The normalized spacial score (nSPS) is 16.9. The number of nitrogens with zero attached hydrogens (tertiary/aromatic N) is 4. The SMILES string of the molecule is Cc1ccccc1OCCNC(=O)C1CN(C(=O)c2ccc(=O)n(C)n2)CCN1C. The van der Waals surface area contributed by atoms with Crippen LogP contribution in [0.5, 0.6) is 5.75 Å². The second-order valence-corrected chi connectivity index (χ2v) is 7.33. The molecule has 1 fully saturated rings. The maximum atomic E-state index is 12.8. The molecule has 30 heavy (non-hydrogen) atoms. The number of likely N-dealkylation sites (N-methyl/N-ethyl adjacent to an activating group) is 1. The van der Waals surface area contributed by atoms with Gasteiger partial charge in [-0.05, 0) is 31.7 Å². The largest absolute Gasteiger partial charge is 0.491 e. The van der Waals surface area contributed by atoms with E-state index in [9.17, 15) is 14.4 Å². The van der Waals surface area contributed by atoms with Gasteiger partial charge in [0.05, 0.1) is 6.54 Å². The third kappa shape index (κ3) is 5.04. The van der Waals surface area contributed by atoms with Crippen LogP contribution in [0.2, 0.25) is 0 Å². The molecule has 0 radical (unpaired) electrons. The number of piperazine rings is 1. The fraction of sp³-hybridized carbons (Fsp3) is 0.429. The van der Waals surface area contributed by atoms with Crippen molar-refractivity contribution in [3.8, 4) is 5.75 Å². The summed E-state index contributed by atoms with van der Waals surface area (Å²) in [5, 5.41) is 6.90. The van der Waals surface area contributed by atoms with Crippen LogP contribution < -0.4 is 15.6 Å². The van der Waals surface area contributed by atoms with Gasteiger partial charge in [0.2, 0.25) is 5.91 Å². The molecular formula is C21H27N5O4. The fourth-order valence-corrected chi connectivity index (χ4v) is 3.29. The molecule has 0 bridgehead atoms. The smallest absolute Gasteiger partial charge is 0.274 e. The zero-order valence-corrected chi connectivity index (χ0v) is 17.5. The Balaban J connectivity index is 1.54. The van der Waals surface area contributed by atoms with Crippen LogP contribution in [-0.4, -0.2) is 77.3 Å². The maximum absolute atomic E-state index is 12.8. The summed E-state index contributed by atoms with van der Waals surface area (Å²) in [6.07, 6.45) is 0. The van der Waals surface area contributed by atoms with E-state index in [-0.39, 0.29) is 29.6 Å². The van der Waals surface area contributed by atoms with E-state index in [2.05, 4.69) is 10.4 Å². The van der Waals surface area contributed by atoms with Gasteiger partial charge in [-0.15, -0.1) is 0 Å². The number of aryl methyl sites for hydroxylation is 2. The quantitative estimate of drug-likeness (QED) is 0.672. The second kappa shape index (κ2) is 9.53. The summed E-state index contributed by atoms with van der Waals surface area (Å²) >= 11 is 0. The van der Waals surface area contributed by atoms with Crippen molar-refractivity contribution in [1.29, 1.82) is 0 Å². The number of hydrogen-bond acceptors (Lipinski definition) is 6. The Morgan fingerprint density at radius 2 is 1.93 bits per heavy atom. The van der Waals surface area contributed by atoms with Crippen LogP contribution in [-0.2, 0) is 11.8 Å². The van der Waals surface area contributed by atoms with Crippen molar-refractivity contribution in [3.05, 3.63) is 58.0 Å². The van der Waals surface area contributed by atoms with Gasteiger partial charge in [-0.3, -0.25) is 19.3 Å². The van der Waals surface area contributed by atoms with Crippen molar-refractivity contribution < 1.29 is 14.3 Å². The van der Waals surface area contributed by atoms with E-state index in [1.54, 1.807) is 4.90 Å². The van der Waals surface area contributed by atoms with Gasteiger partial charge in [0.25, 0.3) is 11.5 Å². The van der Waals surface area contributed by atoms with Crippen LogP contribution in [0.25, 0.3) is 0 Å². The number of aromatic nitrogens is 2. The summed E-state index contributed by atoms with van der Waals surface area (Å²) in [5.41, 5.74) is 0.944. The molecule has 2 aromatic rings. The molecule has 9 heteroatoms. The summed E-state index contributed by atoms with van der Waals surface area (Å²) in [7, 11) is 3.36. The van der Waals surface area contributed by atoms with Crippen molar-refractivity contribution >= 4 is 11.8 Å². The van der Waals surface area contributed by atoms with E-state index in [1.807, 2.05) is 43.1 Å². The van der Waals surface area contributed by atoms with E-state index in [1.165, 1.54) is 19.2 Å². The first-order valence-corrected chi connectivity index (χ1v) is 9.87. The minimum Gasteiger partial charge on any atom is -0.491 e. The monoisotopic (exact) mass is 413 g/mol. The highest BCUT2D eigenvalue weighted by atomic mass is 16.5. The summed E-state index contributed by atoms with van der Waals surface area (Å²) in [6.45, 7) is 4.00. The Kier molecular flexibility index (Phi) is 6.83. The number of ether oxygens (including phenoxy) is 1. The first kappa shape index (κ1) is 21.5. The van der Waals surface area contributed by atoms with Crippen molar-refractivity contribution in [2.75, 3.05) is 39.8 Å². The highest BCUT2D eigenvalue weighted by molar-refractivity contribution is 5.93. The standard InChI is InChI=1S/C21H27N5O4/c1-15-6-4-5-7-18(15)30-13-10-22-20(28)17-14-26(12-11-24(17)2)21(29)16-8-9-19(27)25(3)23-16/h4-9,17H,10-14H2,1-3H3,(H,22,28). The number of benzene rings is 1. The van der Waals surface area contributed by atoms with E-state index in [4.69, 9.17) is 4.74 Å². The number of carbonyl (C=O) groups is 2. The van der Waals surface area contributed by atoms with Crippen LogP contribution in [0.3, 0.4) is 0 Å². The zero-order chi connectivity index (χ0) is 21.7. The van der Waals surface area contributed by atoms with Crippen molar-refractivity contribution in [2.24, 2.45) is 7.05 Å². The molecule has 0 aliphatic carbocycles. The van der Waals surface area contributed by atoms with Crippen molar-refractivity contribution in [2.45, 2.75) is 13.0 Å². The lowest BCUT2D eigenvalue weighted by Gasteiger charge is -2.38. The third-order valence-electron chi connectivity index (χ3n) is 5.17. The van der Waals surface area contributed by atoms with Gasteiger partial charge in [0.15, 0.2) is 0 Å². The number of nitrogens with one attached hydrogen (secondary N) is 1. The lowest BCUT2D eigenvalue weighted by Crippen LogP contribution is -2.59. The molecule has 1 saturated heterocycles. The van der Waals surface area contributed by atoms with Crippen LogP contribution in [0.4, 0.5) is 0 Å². The molecule has 0 spiro atoms. The van der Waals surface area contributed by atoms with Crippen LogP contribution in [0.15, 0.2) is 41.2 Å². The van der Waals surface area contributed by atoms with Crippen molar-refractivity contribution in [3.63, 3.8) is 0 Å². The summed E-state index contributed by atoms with van der Waals surface area (Å²) in [6, 6.07) is 9.98. The van der Waals surface area contributed by atoms with Crippen LogP contribution >= 0.6 is 0 Å². The minimum absolute atomic E-state index is 0.156. The van der Waals surface area contributed by atoms with E-state index < -0.39 is 6.04 Å². The molecule has 2 heterocycles. The highest BCUT2D eigenvalue weighted by Crippen LogP contribution is 2.15. The molecule has 1 aliphatic heterocycles. The lowest BCUT2D eigenvalue weighted by atomic mass is 10.1. The average molecular weight is 413 g/mol. The molecule has 9 nitrogen and oxygen atoms in total. The zero-order valence-electron chi connectivity index (χ0n) is 17.5. The van der Waals surface area contributed by atoms with Crippen LogP contribution in [0.1, 0.15) is 16.1 Å². The fourth-order valence-electron chi connectivity index (χ4n) is 3.29. The van der Waals surface area contributed by atoms with Crippen LogP contribution in [0, 0.1) is 6.92 Å². The molecule has 2 amide bonds. The lowest BCUT2D eigenvalue weighted by molar-refractivity contribution is -0.127. The predicted octanol–water partition coefficient (Wildman–Crippen LogP) is 0.0401. The Bertz CT molecular complexity index is 974. The van der Waals surface area contributed by atoms with Gasteiger partial charge in [0, 0.05) is 32.7 Å². The van der Waals surface area contributed by atoms with Gasteiger partial charge in [0.1, 0.15) is 24.1 Å². The van der Waals surface area contributed by atoms with Gasteiger partial charge in [-0.1, -0.05) is 18.2 Å². The topological polar surface area (TPSA) is 96.8 Å². The van der Waals surface area contributed by atoms with Gasteiger partial charge in [-0.2, -0.15) is 5.10 Å². The predicted molar refractivity (Wildman–Crippen MR) is 111 cm³/mol. The molecule has 0 saturated carbocycles. The molecule has 1 N–H and O–H groups in total. The van der Waals surface area contributed by atoms with Gasteiger partial charge >= 0.3 is 0 Å².